The fourth-order valence-corrected chi connectivity index (χ4v) is 4.22. The third kappa shape index (κ3) is 5.27. The molecule has 0 bridgehead atoms. The zero-order chi connectivity index (χ0) is 15.2. The van der Waals surface area contributed by atoms with E-state index in [0.29, 0.717) is 0 Å². The van der Waals surface area contributed by atoms with Crippen LogP contribution in [0.25, 0.3) is 0 Å². The molecule has 0 aliphatic rings. The van der Waals surface area contributed by atoms with E-state index in [-0.39, 0.29) is 18.1 Å². The summed E-state index contributed by atoms with van der Waals surface area (Å²) in [6.45, 7) is 5.81. The van der Waals surface area contributed by atoms with Crippen LogP contribution >= 0.6 is 18.8 Å². The molecular formula is C12H22O6PS+. The predicted octanol–water partition coefficient (Wildman–Crippen LogP) is 3.82. The molecule has 0 aliphatic carbocycles. The Balaban J connectivity index is 2.72. The van der Waals surface area contributed by atoms with Gasteiger partial charge in [-0.25, -0.2) is 4.18 Å². The van der Waals surface area contributed by atoms with Gasteiger partial charge in [-0.1, -0.05) is 17.7 Å². The van der Waals surface area contributed by atoms with E-state index >= 15 is 0 Å². The molecule has 116 valence electrons. The predicted molar refractivity (Wildman–Crippen MR) is 80.6 cm³/mol. The fraction of sp³-hybridized carbons (Fsp3) is 0.500. The maximum Gasteiger partial charge on any atom is 0.437 e. The Labute approximate surface area is 121 Å². The second-order valence-corrected chi connectivity index (χ2v) is 7.78. The molecule has 0 radical (unpaired) electrons. The first kappa shape index (κ1) is 17.8. The van der Waals surface area contributed by atoms with Gasteiger partial charge in [-0.05, 0) is 32.9 Å². The largest absolute Gasteiger partial charge is 0.437 e. The van der Waals surface area contributed by atoms with Crippen LogP contribution in [0.15, 0.2) is 29.2 Å². The van der Waals surface area contributed by atoms with Crippen LogP contribution in [0.3, 0.4) is 0 Å². The molecule has 1 rings (SSSR count). The highest BCUT2D eigenvalue weighted by Gasteiger charge is 2.43. The minimum absolute atomic E-state index is 0.247. The van der Waals surface area contributed by atoms with Crippen LogP contribution in [0.1, 0.15) is 19.4 Å². The average molecular weight is 325 g/mol. The lowest BCUT2D eigenvalue weighted by atomic mass is 10.2. The quantitative estimate of drug-likeness (QED) is 0.630. The van der Waals surface area contributed by atoms with Crippen molar-refractivity contribution in [2.45, 2.75) is 25.7 Å². The highest BCUT2D eigenvalue weighted by molar-refractivity contribution is 8.20. The van der Waals surface area contributed by atoms with Crippen molar-refractivity contribution in [1.82, 2.24) is 0 Å². The van der Waals surface area contributed by atoms with Crippen LogP contribution in [0.4, 0.5) is 0 Å². The van der Waals surface area contributed by atoms with E-state index in [0.717, 1.165) is 5.56 Å². The Kier molecular flexibility index (Phi) is 6.84. The van der Waals surface area contributed by atoms with Crippen LogP contribution in [0.2, 0.25) is 0 Å². The highest BCUT2D eigenvalue weighted by Crippen LogP contribution is 2.61. The number of hydrogen-bond donors (Lipinski definition) is 3. The molecule has 0 saturated heterocycles. The second kappa shape index (κ2) is 7.68. The number of aryl methyl sites for hydroxylation is 1. The maximum absolute atomic E-state index is 10.1. The lowest BCUT2D eigenvalue weighted by Gasteiger charge is -2.27. The Morgan fingerprint density at radius 3 is 2.00 bits per heavy atom. The summed E-state index contributed by atoms with van der Waals surface area (Å²) in [5, 5.41) is 0. The first-order valence-electron chi connectivity index (χ1n) is 6.22. The molecule has 0 unspecified atom stereocenters. The van der Waals surface area contributed by atoms with E-state index < -0.39 is 25.2 Å². The minimum Gasteiger partial charge on any atom is -0.304 e. The summed E-state index contributed by atoms with van der Waals surface area (Å²) < 4.78 is 35.3. The smallest absolute Gasteiger partial charge is 0.304 e. The average Bonchev–Trinajstić information content (AvgIpc) is 2.38. The monoisotopic (exact) mass is 325 g/mol. The zero-order valence-corrected chi connectivity index (χ0v) is 13.6. The Morgan fingerprint density at radius 1 is 1.05 bits per heavy atom. The number of benzene rings is 1. The molecule has 0 saturated carbocycles. The minimum atomic E-state index is -3.44. The van der Waals surface area contributed by atoms with Gasteiger partial charge in [0.2, 0.25) is 0 Å². The first-order chi connectivity index (χ1) is 9.33. The van der Waals surface area contributed by atoms with Crippen LogP contribution in [0.5, 0.6) is 0 Å². The molecular weight excluding hydrogens is 303 g/mol. The van der Waals surface area contributed by atoms with E-state index in [1.807, 2.05) is 6.92 Å². The topological polar surface area (TPSA) is 88.4 Å². The van der Waals surface area contributed by atoms with Gasteiger partial charge in [0.05, 0.1) is 18.1 Å². The molecule has 8 heteroatoms. The summed E-state index contributed by atoms with van der Waals surface area (Å²) >= 11 is 0. The van der Waals surface area contributed by atoms with Gasteiger partial charge >= 0.3 is 7.94 Å². The first-order valence-corrected chi connectivity index (χ1v) is 9.45. The van der Waals surface area contributed by atoms with E-state index in [1.54, 1.807) is 38.1 Å². The highest BCUT2D eigenvalue weighted by atomic mass is 32.3. The van der Waals surface area contributed by atoms with Crippen molar-refractivity contribution >= 4 is 18.8 Å². The van der Waals surface area contributed by atoms with Crippen LogP contribution in [0, 0.1) is 6.92 Å². The van der Waals surface area contributed by atoms with Gasteiger partial charge in [-0.15, -0.1) is 0 Å². The summed E-state index contributed by atoms with van der Waals surface area (Å²) in [6, 6.07) is 6.64. The molecule has 20 heavy (non-hydrogen) atoms. The summed E-state index contributed by atoms with van der Waals surface area (Å²) in [7, 11) is -6.66. The van der Waals surface area contributed by atoms with Gasteiger partial charge in [0, 0.05) is 0 Å². The molecule has 6 nitrogen and oxygen atoms in total. The molecule has 1 aromatic carbocycles. The Bertz CT molecular complexity index is 405. The van der Waals surface area contributed by atoms with Crippen molar-refractivity contribution in [3.63, 3.8) is 0 Å². The Morgan fingerprint density at radius 2 is 1.55 bits per heavy atom. The van der Waals surface area contributed by atoms with Crippen LogP contribution in [-0.2, 0) is 13.2 Å². The molecule has 0 spiro atoms. The van der Waals surface area contributed by atoms with Gasteiger partial charge in [0.15, 0.2) is 0 Å². The summed E-state index contributed by atoms with van der Waals surface area (Å²) in [5.41, 5.74) is 0.997. The Hall–Kier alpha value is -0.240. The standard InChI is InChI=1S/C12H21O6PS/c1-4-16-19(13,17-5-2)10-18-20(14,15)12-8-6-11(3)7-9-12/h6-9,13H,4-5,10H2,1-3H3,(H-,14,15)/p+1. The van der Waals surface area contributed by atoms with Crippen LogP contribution < -0.4 is 0 Å². The summed E-state index contributed by atoms with van der Waals surface area (Å²) in [6.07, 6.45) is -0.398. The lowest BCUT2D eigenvalue weighted by Crippen LogP contribution is -2.12. The van der Waals surface area contributed by atoms with E-state index in [4.69, 9.17) is 13.2 Å². The van der Waals surface area contributed by atoms with Crippen molar-refractivity contribution in [2.24, 2.45) is 0 Å². The van der Waals surface area contributed by atoms with Crippen molar-refractivity contribution in [2.75, 3.05) is 19.6 Å². The number of rotatable bonds is 8. The molecule has 0 atom stereocenters. The van der Waals surface area contributed by atoms with Crippen molar-refractivity contribution in [1.29, 1.82) is 0 Å². The van der Waals surface area contributed by atoms with E-state index in [9.17, 15) is 14.0 Å². The lowest BCUT2D eigenvalue weighted by molar-refractivity contribution is 0.162. The summed E-state index contributed by atoms with van der Waals surface area (Å²) in [5.74, 6) is 0. The van der Waals surface area contributed by atoms with Crippen molar-refractivity contribution < 1.29 is 27.2 Å². The SMILES string of the molecule is CCO[P+](O)(COS(O)(O)c1ccc(C)cc1)OCC. The molecule has 1 aromatic rings. The fourth-order valence-electron chi connectivity index (χ4n) is 1.44. The van der Waals surface area contributed by atoms with Gasteiger partial charge in [-0.3, -0.25) is 0 Å². The molecule has 0 aliphatic heterocycles. The molecule has 0 fully saturated rings. The van der Waals surface area contributed by atoms with Crippen molar-refractivity contribution in [3.05, 3.63) is 29.8 Å². The third-order valence-electron chi connectivity index (χ3n) is 2.37. The molecule has 0 amide bonds. The van der Waals surface area contributed by atoms with Gasteiger partial charge < -0.3 is 9.11 Å². The van der Waals surface area contributed by atoms with E-state index in [2.05, 4.69) is 0 Å². The normalized spacial score (nSPS) is 13.5. The second-order valence-electron chi connectivity index (χ2n) is 4.03. The maximum atomic E-state index is 10.1. The van der Waals surface area contributed by atoms with Gasteiger partial charge in [0.1, 0.15) is 10.9 Å². The molecule has 0 aromatic heterocycles. The van der Waals surface area contributed by atoms with Gasteiger partial charge in [-0.2, -0.15) is 13.9 Å². The zero-order valence-electron chi connectivity index (χ0n) is 11.9. The van der Waals surface area contributed by atoms with Gasteiger partial charge in [0.25, 0.3) is 6.35 Å². The van der Waals surface area contributed by atoms with Crippen LogP contribution in [-0.4, -0.2) is 33.6 Å². The molecule has 0 heterocycles. The number of hydrogen-bond acceptors (Lipinski definition) is 6. The molecule has 3 N–H and O–H groups in total. The third-order valence-corrected chi connectivity index (χ3v) is 5.66. The van der Waals surface area contributed by atoms with Crippen molar-refractivity contribution in [3.8, 4) is 0 Å². The summed E-state index contributed by atoms with van der Waals surface area (Å²) in [4.78, 5) is 10.4. The van der Waals surface area contributed by atoms with E-state index in [1.165, 1.54) is 0 Å².